The van der Waals surface area contributed by atoms with E-state index < -0.39 is 0 Å². The fourth-order valence-corrected chi connectivity index (χ4v) is 10.1. The molecule has 2 aliphatic rings. The SMILES string of the molecule is C1=CCC(C2=NC(c3cccc4oc5c(-c6cccc7sc8ccc(-n9c%10ccccc%10c%10ccccc%109)cc8c67)cccc5c34)NC(c3ccccc3)=N2)C=C1. The molecule has 0 spiro atoms. The highest BCUT2D eigenvalue weighted by Crippen LogP contribution is 2.45. The number of hydrogen-bond acceptors (Lipinski definition) is 5. The highest BCUT2D eigenvalue weighted by Gasteiger charge is 2.27. The van der Waals surface area contributed by atoms with Gasteiger partial charge in [-0.2, -0.15) is 0 Å². The number of para-hydroxylation sites is 3. The van der Waals surface area contributed by atoms with E-state index in [0.29, 0.717) is 0 Å². The molecule has 1 aliphatic carbocycles. The average molecular weight is 751 g/mol. The van der Waals surface area contributed by atoms with Gasteiger partial charge in [0.2, 0.25) is 0 Å². The first kappa shape index (κ1) is 32.2. The summed E-state index contributed by atoms with van der Waals surface area (Å²) in [5.41, 5.74) is 9.63. The Labute approximate surface area is 332 Å². The Morgan fingerprint density at radius 3 is 2.21 bits per heavy atom. The summed E-state index contributed by atoms with van der Waals surface area (Å²) in [7, 11) is 0. The number of benzene rings is 7. The number of fused-ring (bicyclic) bond motifs is 9. The molecule has 3 aromatic heterocycles. The van der Waals surface area contributed by atoms with Crippen LogP contribution in [0.15, 0.2) is 190 Å². The third kappa shape index (κ3) is 5.07. The van der Waals surface area contributed by atoms with Gasteiger partial charge in [-0.25, -0.2) is 9.98 Å². The molecule has 0 saturated carbocycles. The van der Waals surface area contributed by atoms with Crippen LogP contribution in [0.1, 0.15) is 23.7 Å². The van der Waals surface area contributed by atoms with E-state index in [9.17, 15) is 0 Å². The molecule has 1 aliphatic heterocycles. The third-order valence-electron chi connectivity index (χ3n) is 11.6. The van der Waals surface area contributed by atoms with Crippen molar-refractivity contribution in [3.05, 3.63) is 187 Å². The van der Waals surface area contributed by atoms with Crippen LogP contribution < -0.4 is 5.32 Å². The summed E-state index contributed by atoms with van der Waals surface area (Å²) in [6.07, 6.45) is 9.11. The van der Waals surface area contributed by atoms with Gasteiger partial charge in [0.25, 0.3) is 0 Å². The monoisotopic (exact) mass is 750 g/mol. The van der Waals surface area contributed by atoms with Gasteiger partial charge in [0.05, 0.1) is 11.0 Å². The van der Waals surface area contributed by atoms with Crippen LogP contribution in [0.5, 0.6) is 0 Å². The van der Waals surface area contributed by atoms with E-state index in [1.54, 1.807) is 0 Å². The van der Waals surface area contributed by atoms with Crippen LogP contribution in [0.3, 0.4) is 0 Å². The van der Waals surface area contributed by atoms with Crippen molar-refractivity contribution in [1.29, 1.82) is 0 Å². The van der Waals surface area contributed by atoms with E-state index in [1.165, 1.54) is 42.0 Å². The minimum Gasteiger partial charge on any atom is -0.455 e. The van der Waals surface area contributed by atoms with Crippen LogP contribution in [0, 0.1) is 5.92 Å². The number of aromatic nitrogens is 1. The summed E-state index contributed by atoms with van der Waals surface area (Å²) >= 11 is 1.84. The molecule has 0 fully saturated rings. The van der Waals surface area contributed by atoms with E-state index >= 15 is 0 Å². The number of furan rings is 1. The van der Waals surface area contributed by atoms with Crippen LogP contribution in [0.2, 0.25) is 0 Å². The lowest BCUT2D eigenvalue weighted by Gasteiger charge is -2.26. The fourth-order valence-electron chi connectivity index (χ4n) is 9.01. The van der Waals surface area contributed by atoms with Crippen molar-refractivity contribution in [2.45, 2.75) is 12.6 Å². The van der Waals surface area contributed by atoms with Crippen LogP contribution in [0.25, 0.3) is 80.7 Å². The lowest BCUT2D eigenvalue weighted by atomic mass is 9.96. The van der Waals surface area contributed by atoms with Gasteiger partial charge >= 0.3 is 0 Å². The minimum absolute atomic E-state index is 0.113. The lowest BCUT2D eigenvalue weighted by molar-refractivity contribution is 0.656. The normalized spacial score (nSPS) is 16.9. The molecule has 1 N–H and O–H groups in total. The van der Waals surface area contributed by atoms with Crippen molar-refractivity contribution in [3.63, 3.8) is 0 Å². The number of rotatable bonds is 5. The predicted octanol–water partition coefficient (Wildman–Crippen LogP) is 13.3. The minimum atomic E-state index is -0.344. The summed E-state index contributed by atoms with van der Waals surface area (Å²) in [5, 5.41) is 10.9. The first-order valence-corrected chi connectivity index (χ1v) is 20.3. The maximum absolute atomic E-state index is 6.91. The number of nitrogens with zero attached hydrogens (tertiary/aromatic N) is 3. The van der Waals surface area contributed by atoms with Gasteiger partial charge in [0.15, 0.2) is 0 Å². The molecule has 0 radical (unpaired) electrons. The van der Waals surface area contributed by atoms with Gasteiger partial charge < -0.3 is 14.3 Å². The van der Waals surface area contributed by atoms with Crippen LogP contribution >= 0.6 is 11.3 Å². The van der Waals surface area contributed by atoms with Gasteiger partial charge in [-0.1, -0.05) is 133 Å². The molecule has 2 unspecified atom stereocenters. The predicted molar refractivity (Wildman–Crippen MR) is 239 cm³/mol. The zero-order chi connectivity index (χ0) is 37.5. The Bertz CT molecular complexity index is 3320. The van der Waals surface area contributed by atoms with E-state index in [1.807, 2.05) is 17.4 Å². The molecule has 10 aromatic rings. The number of hydrogen-bond donors (Lipinski definition) is 1. The van der Waals surface area contributed by atoms with Gasteiger partial charge in [-0.3, -0.25) is 0 Å². The molecule has 7 aromatic carbocycles. The van der Waals surface area contributed by atoms with Crippen molar-refractivity contribution in [3.8, 4) is 16.8 Å². The third-order valence-corrected chi connectivity index (χ3v) is 12.7. The van der Waals surface area contributed by atoms with Crippen LogP contribution in [-0.4, -0.2) is 16.2 Å². The molecule has 6 heteroatoms. The number of amidine groups is 2. The summed E-state index contributed by atoms with van der Waals surface area (Å²) in [4.78, 5) is 10.4. The maximum atomic E-state index is 6.91. The number of allylic oxidation sites excluding steroid dienone is 3. The quantitative estimate of drug-likeness (QED) is 0.190. The Morgan fingerprint density at radius 1 is 0.632 bits per heavy atom. The summed E-state index contributed by atoms with van der Waals surface area (Å²) in [6.45, 7) is 0. The second kappa shape index (κ2) is 12.8. The Balaban J connectivity index is 1.03. The van der Waals surface area contributed by atoms with E-state index in [0.717, 1.165) is 68.0 Å². The van der Waals surface area contributed by atoms with Crippen molar-refractivity contribution in [2.24, 2.45) is 15.9 Å². The van der Waals surface area contributed by atoms with E-state index in [-0.39, 0.29) is 12.1 Å². The zero-order valence-electron chi connectivity index (χ0n) is 30.8. The number of nitrogens with one attached hydrogen (secondary N) is 1. The van der Waals surface area contributed by atoms with Gasteiger partial charge in [-0.05, 0) is 54.4 Å². The maximum Gasteiger partial charge on any atom is 0.148 e. The Morgan fingerprint density at radius 2 is 1.39 bits per heavy atom. The average Bonchev–Trinajstić information content (AvgIpc) is 3.96. The molecule has 5 nitrogen and oxygen atoms in total. The highest BCUT2D eigenvalue weighted by atomic mass is 32.1. The van der Waals surface area contributed by atoms with Crippen LogP contribution in [-0.2, 0) is 0 Å². The molecule has 0 bridgehead atoms. The topological polar surface area (TPSA) is 54.8 Å². The molecule has 0 amide bonds. The summed E-state index contributed by atoms with van der Waals surface area (Å²) in [6, 6.07) is 54.2. The number of aliphatic imine (C=N–C) groups is 2. The van der Waals surface area contributed by atoms with Crippen molar-refractivity contribution in [2.75, 3.05) is 0 Å². The van der Waals surface area contributed by atoms with Gasteiger partial charge in [0, 0.05) is 70.0 Å². The second-order valence-corrected chi connectivity index (χ2v) is 15.9. The molecule has 270 valence electrons. The second-order valence-electron chi connectivity index (χ2n) is 14.9. The molecule has 4 heterocycles. The Kier molecular flexibility index (Phi) is 7.22. The van der Waals surface area contributed by atoms with Gasteiger partial charge in [0.1, 0.15) is 29.0 Å². The highest BCUT2D eigenvalue weighted by molar-refractivity contribution is 7.26. The smallest absolute Gasteiger partial charge is 0.148 e. The Hall–Kier alpha value is -7.02. The number of thiophene rings is 1. The lowest BCUT2D eigenvalue weighted by Crippen LogP contribution is -2.35. The van der Waals surface area contributed by atoms with Crippen LogP contribution in [0.4, 0.5) is 0 Å². The van der Waals surface area contributed by atoms with E-state index in [4.69, 9.17) is 14.4 Å². The zero-order valence-corrected chi connectivity index (χ0v) is 31.6. The standard InChI is InChI=1S/C51H34N4OS/c1-3-14-31(15-4-1)49-52-50(32-16-5-2-6-17-32)54-51(53-49)39-23-12-26-43-46(39)38-22-11-21-37(48(38)56-43)36-20-13-27-45-47(36)40-30-33(28-29-44(40)57-45)55-41-24-9-7-18-34(41)35-19-8-10-25-42(35)55/h1-16,18-30,32,51H,17H2,(H,52,53,54). The molecule has 57 heavy (non-hydrogen) atoms. The molecule has 12 rings (SSSR count). The molecule has 0 saturated heterocycles. The van der Waals surface area contributed by atoms with Crippen molar-refractivity contribution < 1.29 is 4.42 Å². The van der Waals surface area contributed by atoms with Crippen molar-refractivity contribution >= 4 is 86.9 Å². The molecule has 2 atom stereocenters. The van der Waals surface area contributed by atoms with Crippen molar-refractivity contribution in [1.82, 2.24) is 9.88 Å². The first-order valence-electron chi connectivity index (χ1n) is 19.5. The molecular formula is C51H34N4OS. The largest absolute Gasteiger partial charge is 0.455 e. The summed E-state index contributed by atoms with van der Waals surface area (Å²) < 4.78 is 11.8. The van der Waals surface area contributed by atoms with Gasteiger partial charge in [-0.15, -0.1) is 11.3 Å². The first-order chi connectivity index (χ1) is 28.3. The fraction of sp³-hybridized carbons (Fsp3) is 0.0588. The molecular weight excluding hydrogens is 717 g/mol. The summed E-state index contributed by atoms with van der Waals surface area (Å²) in [5.74, 6) is 1.77. The van der Waals surface area contributed by atoms with E-state index in [2.05, 4.69) is 180 Å².